The van der Waals surface area contributed by atoms with E-state index in [0.717, 1.165) is 0 Å². The largest absolute Gasteiger partial charge is 0.508 e. The van der Waals surface area contributed by atoms with E-state index in [9.17, 15) is 24.6 Å². The number of ether oxygens (including phenoxy) is 2. The van der Waals surface area contributed by atoms with E-state index in [1.807, 2.05) is 0 Å². The highest BCUT2D eigenvalue weighted by atomic mass is 16.6. The predicted molar refractivity (Wildman–Crippen MR) is 110 cm³/mol. The molecule has 0 saturated carbocycles. The minimum absolute atomic E-state index is 0.0908. The zero-order valence-corrected chi connectivity index (χ0v) is 16.3. The summed E-state index contributed by atoms with van der Waals surface area (Å²) < 4.78 is 11.2. The van der Waals surface area contributed by atoms with Crippen molar-refractivity contribution in [3.05, 3.63) is 52.7 Å². The number of nitrogens with one attached hydrogen (secondary N) is 1. The van der Waals surface area contributed by atoms with Crippen LogP contribution in [0.2, 0.25) is 0 Å². The predicted octanol–water partition coefficient (Wildman–Crippen LogP) is 3.65. The van der Waals surface area contributed by atoms with Crippen LogP contribution in [0.1, 0.15) is 13.8 Å². The standard InChI is InChI=1S/C21H20N2O7/c1-3-29-20(27)22-16-10-13(25)5-7-14(16)18-11-19(26)15-9-12(24)6-8-17(15)23(18)21(28)30-4-2/h5-11,24-25H,3-4H2,1-2H3,(H,22,27). The van der Waals surface area contributed by atoms with Gasteiger partial charge in [-0.05, 0) is 44.2 Å². The van der Waals surface area contributed by atoms with Crippen molar-refractivity contribution in [2.75, 3.05) is 18.5 Å². The quantitative estimate of drug-likeness (QED) is 0.597. The molecule has 0 aliphatic rings. The molecule has 0 aliphatic heterocycles. The van der Waals surface area contributed by atoms with Crippen molar-refractivity contribution in [1.82, 2.24) is 4.57 Å². The number of phenolic OH excluding ortho intramolecular Hbond substituents is 2. The number of carbonyl (C=O) groups excluding carboxylic acids is 2. The van der Waals surface area contributed by atoms with Crippen molar-refractivity contribution >= 4 is 28.8 Å². The van der Waals surface area contributed by atoms with Gasteiger partial charge in [0.1, 0.15) is 11.5 Å². The number of benzene rings is 2. The number of carbonyl (C=O) groups is 2. The Kier molecular flexibility index (Phi) is 5.91. The number of anilines is 1. The highest BCUT2D eigenvalue weighted by Crippen LogP contribution is 2.33. The van der Waals surface area contributed by atoms with Gasteiger partial charge in [0.2, 0.25) is 0 Å². The molecule has 9 nitrogen and oxygen atoms in total. The zero-order chi connectivity index (χ0) is 21.8. The minimum atomic E-state index is -0.764. The Morgan fingerprint density at radius 1 is 0.967 bits per heavy atom. The highest BCUT2D eigenvalue weighted by molar-refractivity contribution is 5.97. The maximum atomic E-state index is 12.8. The molecule has 0 radical (unpaired) electrons. The maximum absolute atomic E-state index is 12.8. The summed E-state index contributed by atoms with van der Waals surface area (Å²) in [6.45, 7) is 3.50. The van der Waals surface area contributed by atoms with Crippen molar-refractivity contribution < 1.29 is 29.3 Å². The molecule has 1 heterocycles. The van der Waals surface area contributed by atoms with Crippen LogP contribution in [0, 0.1) is 0 Å². The van der Waals surface area contributed by atoms with Crippen LogP contribution in [0.4, 0.5) is 15.3 Å². The second-order valence-electron chi connectivity index (χ2n) is 6.20. The Morgan fingerprint density at radius 2 is 1.63 bits per heavy atom. The van der Waals surface area contributed by atoms with Crippen LogP contribution in [-0.2, 0) is 9.47 Å². The number of hydrogen-bond donors (Lipinski definition) is 3. The third-order valence-electron chi connectivity index (χ3n) is 4.24. The molecule has 1 aromatic heterocycles. The fourth-order valence-electron chi connectivity index (χ4n) is 3.03. The average molecular weight is 412 g/mol. The second kappa shape index (κ2) is 8.56. The number of rotatable bonds is 4. The molecule has 156 valence electrons. The van der Waals surface area contributed by atoms with E-state index >= 15 is 0 Å². The molecule has 3 N–H and O–H groups in total. The molecule has 0 unspecified atom stereocenters. The molecule has 9 heteroatoms. The lowest BCUT2D eigenvalue weighted by Crippen LogP contribution is -2.21. The van der Waals surface area contributed by atoms with Crippen LogP contribution in [0.3, 0.4) is 0 Å². The van der Waals surface area contributed by atoms with Gasteiger partial charge in [-0.15, -0.1) is 0 Å². The van der Waals surface area contributed by atoms with Crippen molar-refractivity contribution in [2.24, 2.45) is 0 Å². The van der Waals surface area contributed by atoms with E-state index in [4.69, 9.17) is 9.47 Å². The van der Waals surface area contributed by atoms with E-state index in [2.05, 4.69) is 5.32 Å². The molecule has 3 aromatic rings. The first-order chi connectivity index (χ1) is 14.3. The number of nitrogens with zero attached hydrogens (tertiary/aromatic N) is 1. The average Bonchev–Trinajstić information content (AvgIpc) is 2.68. The topological polar surface area (TPSA) is 127 Å². The molecule has 0 aliphatic carbocycles. The zero-order valence-electron chi connectivity index (χ0n) is 16.3. The van der Waals surface area contributed by atoms with E-state index in [1.165, 1.54) is 47.0 Å². The fraction of sp³-hybridized carbons (Fsp3) is 0.190. The Hall–Kier alpha value is -4.01. The fourth-order valence-corrected chi connectivity index (χ4v) is 3.03. The van der Waals surface area contributed by atoms with Gasteiger partial charge in [-0.1, -0.05) is 0 Å². The van der Waals surface area contributed by atoms with Crippen molar-refractivity contribution in [1.29, 1.82) is 0 Å². The number of phenols is 2. The molecular formula is C21H20N2O7. The summed E-state index contributed by atoms with van der Waals surface area (Å²) in [6.07, 6.45) is -1.52. The van der Waals surface area contributed by atoms with Gasteiger partial charge in [0.15, 0.2) is 5.43 Å². The second-order valence-corrected chi connectivity index (χ2v) is 6.20. The SMILES string of the molecule is CCOC(=O)Nc1cc(O)ccc1-c1cc(=O)c2cc(O)ccc2n1C(=O)OCC. The summed E-state index contributed by atoms with van der Waals surface area (Å²) in [5.74, 6) is -0.265. The number of aromatic hydroxyl groups is 2. The Balaban J connectivity index is 2.32. The third kappa shape index (κ3) is 4.04. The first-order valence-electron chi connectivity index (χ1n) is 9.18. The number of aromatic nitrogens is 1. The lowest BCUT2D eigenvalue weighted by atomic mass is 10.1. The van der Waals surface area contributed by atoms with Gasteiger partial charge in [-0.25, -0.2) is 14.2 Å². The summed E-state index contributed by atoms with van der Waals surface area (Å²) >= 11 is 0. The first kappa shape index (κ1) is 20.7. The van der Waals surface area contributed by atoms with Gasteiger partial charge < -0.3 is 19.7 Å². The van der Waals surface area contributed by atoms with Crippen LogP contribution in [0.25, 0.3) is 22.2 Å². The lowest BCUT2D eigenvalue weighted by molar-refractivity contribution is 0.155. The number of pyridine rings is 1. The van der Waals surface area contributed by atoms with Gasteiger partial charge in [0.05, 0.1) is 30.1 Å². The molecule has 3 rings (SSSR count). The summed E-state index contributed by atoms with van der Waals surface area (Å²) in [5.41, 5.74) is 0.295. The molecule has 0 atom stereocenters. The van der Waals surface area contributed by atoms with E-state index in [1.54, 1.807) is 13.8 Å². The van der Waals surface area contributed by atoms with Gasteiger partial charge in [-0.3, -0.25) is 10.1 Å². The Bertz CT molecular complexity index is 1180. The summed E-state index contributed by atoms with van der Waals surface area (Å²) in [6, 6.07) is 9.29. The third-order valence-corrected chi connectivity index (χ3v) is 4.24. The molecule has 30 heavy (non-hydrogen) atoms. The van der Waals surface area contributed by atoms with E-state index in [-0.39, 0.29) is 52.6 Å². The highest BCUT2D eigenvalue weighted by Gasteiger charge is 2.21. The van der Waals surface area contributed by atoms with Crippen LogP contribution in [-0.4, -0.2) is 40.2 Å². The molecule has 0 bridgehead atoms. The Morgan fingerprint density at radius 3 is 2.33 bits per heavy atom. The van der Waals surface area contributed by atoms with Crippen LogP contribution < -0.4 is 10.7 Å². The van der Waals surface area contributed by atoms with Crippen LogP contribution in [0.5, 0.6) is 11.5 Å². The summed E-state index contributed by atoms with van der Waals surface area (Å²) in [4.78, 5) is 37.4. The molecule has 0 fully saturated rings. The molecule has 0 spiro atoms. The summed E-state index contributed by atoms with van der Waals surface area (Å²) in [5, 5.41) is 22.2. The first-order valence-corrected chi connectivity index (χ1v) is 9.18. The van der Waals surface area contributed by atoms with E-state index < -0.39 is 17.6 Å². The molecule has 2 aromatic carbocycles. The van der Waals surface area contributed by atoms with Gasteiger partial charge >= 0.3 is 12.2 Å². The monoisotopic (exact) mass is 412 g/mol. The number of hydrogen-bond acceptors (Lipinski definition) is 7. The molecule has 0 saturated heterocycles. The van der Waals surface area contributed by atoms with Crippen molar-refractivity contribution in [2.45, 2.75) is 13.8 Å². The van der Waals surface area contributed by atoms with Crippen molar-refractivity contribution in [3.63, 3.8) is 0 Å². The van der Waals surface area contributed by atoms with Gasteiger partial charge in [0.25, 0.3) is 0 Å². The van der Waals surface area contributed by atoms with Gasteiger partial charge in [0, 0.05) is 23.1 Å². The van der Waals surface area contributed by atoms with Gasteiger partial charge in [-0.2, -0.15) is 0 Å². The normalized spacial score (nSPS) is 10.6. The molecule has 1 amide bonds. The molecular weight excluding hydrogens is 392 g/mol. The maximum Gasteiger partial charge on any atom is 0.418 e. The minimum Gasteiger partial charge on any atom is -0.508 e. The van der Waals surface area contributed by atoms with Crippen LogP contribution >= 0.6 is 0 Å². The number of amides is 1. The Labute approximate surface area is 171 Å². The van der Waals surface area contributed by atoms with Crippen LogP contribution in [0.15, 0.2) is 47.3 Å². The van der Waals surface area contributed by atoms with Crippen molar-refractivity contribution in [3.8, 4) is 22.8 Å². The smallest absolute Gasteiger partial charge is 0.418 e. The van der Waals surface area contributed by atoms with E-state index in [0.29, 0.717) is 0 Å². The lowest BCUT2D eigenvalue weighted by Gasteiger charge is -2.18. The number of fused-ring (bicyclic) bond motifs is 1. The summed E-state index contributed by atoms with van der Waals surface area (Å²) in [7, 11) is 0.